The number of aryl methyl sites for hydroxylation is 1. The van der Waals surface area contributed by atoms with Gasteiger partial charge in [0, 0.05) is 39.8 Å². The molecular formula is C19H31ClN4O2. The van der Waals surface area contributed by atoms with E-state index in [4.69, 9.17) is 16.3 Å². The Balaban J connectivity index is 2.20. The van der Waals surface area contributed by atoms with Crippen molar-refractivity contribution < 1.29 is 9.53 Å². The minimum absolute atomic E-state index is 0.0965. The Hall–Kier alpha value is -1.79. The molecule has 0 bridgehead atoms. The van der Waals surface area contributed by atoms with Crippen LogP contribution >= 0.6 is 11.6 Å². The first kappa shape index (κ1) is 22.3. The van der Waals surface area contributed by atoms with E-state index in [9.17, 15) is 4.79 Å². The Kier molecular flexibility index (Phi) is 10.7. The van der Waals surface area contributed by atoms with Crippen molar-refractivity contribution >= 4 is 29.2 Å². The molecule has 26 heavy (non-hydrogen) atoms. The van der Waals surface area contributed by atoms with Crippen LogP contribution in [-0.4, -0.2) is 45.2 Å². The van der Waals surface area contributed by atoms with Crippen molar-refractivity contribution in [1.82, 2.24) is 10.6 Å². The minimum Gasteiger partial charge on any atom is -0.381 e. The lowest BCUT2D eigenvalue weighted by Gasteiger charge is -2.13. The molecule has 1 aromatic carbocycles. The number of anilines is 1. The molecule has 0 spiro atoms. The van der Waals surface area contributed by atoms with Gasteiger partial charge >= 0.3 is 0 Å². The van der Waals surface area contributed by atoms with Crippen LogP contribution in [0, 0.1) is 12.8 Å². The molecule has 1 aromatic rings. The normalized spacial score (nSPS) is 11.5. The summed E-state index contributed by atoms with van der Waals surface area (Å²) in [5.74, 6) is 1.13. The van der Waals surface area contributed by atoms with Gasteiger partial charge in [-0.15, -0.1) is 0 Å². The summed E-state index contributed by atoms with van der Waals surface area (Å²) < 4.78 is 5.53. The molecule has 0 aliphatic rings. The number of benzene rings is 1. The van der Waals surface area contributed by atoms with Crippen LogP contribution in [0.2, 0.25) is 5.02 Å². The molecule has 0 radical (unpaired) electrons. The maximum Gasteiger partial charge on any atom is 0.226 e. The summed E-state index contributed by atoms with van der Waals surface area (Å²) in [6.07, 6.45) is 1.22. The highest BCUT2D eigenvalue weighted by Crippen LogP contribution is 2.22. The van der Waals surface area contributed by atoms with Crippen molar-refractivity contribution in [3.05, 3.63) is 28.8 Å². The average Bonchev–Trinajstić information content (AvgIpc) is 2.58. The van der Waals surface area contributed by atoms with Crippen molar-refractivity contribution in [1.29, 1.82) is 0 Å². The number of nitrogens with one attached hydrogen (secondary N) is 3. The number of amides is 1. The second kappa shape index (κ2) is 12.5. The summed E-state index contributed by atoms with van der Waals surface area (Å²) in [5, 5.41) is 9.69. The summed E-state index contributed by atoms with van der Waals surface area (Å²) >= 11 is 6.12. The molecule has 146 valence electrons. The summed E-state index contributed by atoms with van der Waals surface area (Å²) in [5.41, 5.74) is 1.69. The number of aliphatic imine (C=N–C) groups is 1. The number of rotatable bonds is 10. The molecule has 1 amide bonds. The number of carbonyl (C=O) groups excluding carboxylic acids is 1. The second-order valence-corrected chi connectivity index (χ2v) is 6.94. The first-order valence-electron chi connectivity index (χ1n) is 9.00. The lowest BCUT2D eigenvalue weighted by Crippen LogP contribution is -2.39. The van der Waals surface area contributed by atoms with Gasteiger partial charge in [0.2, 0.25) is 5.91 Å². The number of carbonyl (C=O) groups is 1. The average molecular weight is 383 g/mol. The number of halogens is 1. The van der Waals surface area contributed by atoms with Gasteiger partial charge in [-0.2, -0.15) is 0 Å². The predicted octanol–water partition coefficient (Wildman–Crippen LogP) is 3.20. The highest BCUT2D eigenvalue weighted by molar-refractivity contribution is 6.33. The monoisotopic (exact) mass is 382 g/mol. The van der Waals surface area contributed by atoms with E-state index in [1.807, 2.05) is 25.1 Å². The van der Waals surface area contributed by atoms with Crippen molar-refractivity contribution in [3.8, 4) is 0 Å². The van der Waals surface area contributed by atoms with E-state index in [1.54, 1.807) is 7.05 Å². The summed E-state index contributed by atoms with van der Waals surface area (Å²) in [7, 11) is 1.71. The third-order valence-corrected chi connectivity index (χ3v) is 3.79. The van der Waals surface area contributed by atoms with Gasteiger partial charge in [-0.3, -0.25) is 9.79 Å². The Morgan fingerprint density at radius 1 is 1.27 bits per heavy atom. The Bertz CT molecular complexity index is 591. The number of hydrogen-bond acceptors (Lipinski definition) is 3. The van der Waals surface area contributed by atoms with E-state index in [0.29, 0.717) is 35.6 Å². The molecule has 0 atom stereocenters. The van der Waals surface area contributed by atoms with Crippen LogP contribution in [0.5, 0.6) is 0 Å². The zero-order valence-electron chi connectivity index (χ0n) is 16.2. The van der Waals surface area contributed by atoms with Crippen LogP contribution in [0.25, 0.3) is 0 Å². The van der Waals surface area contributed by atoms with Crippen LogP contribution < -0.4 is 16.0 Å². The lowest BCUT2D eigenvalue weighted by molar-refractivity contribution is -0.116. The minimum atomic E-state index is -0.0965. The smallest absolute Gasteiger partial charge is 0.226 e. The molecule has 0 aliphatic heterocycles. The molecule has 0 saturated heterocycles. The molecule has 0 heterocycles. The molecule has 0 aromatic heterocycles. The Morgan fingerprint density at radius 2 is 2.00 bits per heavy atom. The van der Waals surface area contributed by atoms with E-state index in [2.05, 4.69) is 34.8 Å². The summed E-state index contributed by atoms with van der Waals surface area (Å²) in [6.45, 7) is 8.98. The number of hydrogen-bond donors (Lipinski definition) is 3. The topological polar surface area (TPSA) is 74.8 Å². The zero-order chi connectivity index (χ0) is 19.4. The van der Waals surface area contributed by atoms with E-state index < -0.39 is 0 Å². The Labute approximate surface area is 161 Å². The van der Waals surface area contributed by atoms with Gasteiger partial charge in [0.25, 0.3) is 0 Å². The summed E-state index contributed by atoms with van der Waals surface area (Å²) in [6, 6.07) is 5.55. The van der Waals surface area contributed by atoms with Crippen molar-refractivity contribution in [2.45, 2.75) is 33.6 Å². The maximum atomic E-state index is 12.0. The first-order valence-corrected chi connectivity index (χ1v) is 9.38. The highest BCUT2D eigenvalue weighted by Gasteiger charge is 2.06. The molecule has 1 rings (SSSR count). The molecule has 0 saturated carbocycles. The van der Waals surface area contributed by atoms with Crippen molar-refractivity contribution in [2.75, 3.05) is 38.7 Å². The SMILES string of the molecule is CN=C(NCCCOCC(C)C)NCCC(=O)Nc1ccc(C)cc1Cl. The van der Waals surface area contributed by atoms with E-state index >= 15 is 0 Å². The van der Waals surface area contributed by atoms with Gasteiger partial charge in [0.05, 0.1) is 10.7 Å². The number of ether oxygens (including phenoxy) is 1. The van der Waals surface area contributed by atoms with E-state index in [-0.39, 0.29) is 5.91 Å². The maximum absolute atomic E-state index is 12.0. The van der Waals surface area contributed by atoms with Crippen LogP contribution in [0.1, 0.15) is 32.3 Å². The van der Waals surface area contributed by atoms with Gasteiger partial charge in [-0.25, -0.2) is 0 Å². The first-order chi connectivity index (χ1) is 12.4. The zero-order valence-corrected chi connectivity index (χ0v) is 16.9. The third kappa shape index (κ3) is 9.63. The largest absolute Gasteiger partial charge is 0.381 e. The quantitative estimate of drug-likeness (QED) is 0.330. The molecule has 0 fully saturated rings. The molecule has 0 aliphatic carbocycles. The van der Waals surface area contributed by atoms with Crippen LogP contribution in [0.3, 0.4) is 0 Å². The fraction of sp³-hybridized carbons (Fsp3) is 0.579. The van der Waals surface area contributed by atoms with Crippen molar-refractivity contribution in [3.63, 3.8) is 0 Å². The number of nitrogens with zero attached hydrogens (tertiary/aromatic N) is 1. The molecule has 7 heteroatoms. The van der Waals surface area contributed by atoms with Gasteiger partial charge < -0.3 is 20.7 Å². The lowest BCUT2D eigenvalue weighted by atomic mass is 10.2. The standard InChI is InChI=1S/C19H31ClN4O2/c1-14(2)13-26-11-5-9-22-19(21-4)23-10-8-18(25)24-17-7-6-15(3)12-16(17)20/h6-7,12,14H,5,8-11,13H2,1-4H3,(H,24,25)(H2,21,22,23). The van der Waals surface area contributed by atoms with Gasteiger partial charge in [-0.1, -0.05) is 31.5 Å². The highest BCUT2D eigenvalue weighted by atomic mass is 35.5. The van der Waals surface area contributed by atoms with Gasteiger partial charge in [0.1, 0.15) is 0 Å². The van der Waals surface area contributed by atoms with Gasteiger partial charge in [-0.05, 0) is 37.0 Å². The fourth-order valence-corrected chi connectivity index (χ4v) is 2.43. The van der Waals surface area contributed by atoms with Crippen molar-refractivity contribution in [2.24, 2.45) is 10.9 Å². The second-order valence-electron chi connectivity index (χ2n) is 6.53. The summed E-state index contributed by atoms with van der Waals surface area (Å²) in [4.78, 5) is 16.2. The van der Waals surface area contributed by atoms with Crippen LogP contribution in [0.4, 0.5) is 5.69 Å². The molecule has 3 N–H and O–H groups in total. The van der Waals surface area contributed by atoms with Crippen LogP contribution in [-0.2, 0) is 9.53 Å². The molecule has 6 nitrogen and oxygen atoms in total. The molecule has 0 unspecified atom stereocenters. The Morgan fingerprint density at radius 3 is 2.65 bits per heavy atom. The fourth-order valence-electron chi connectivity index (χ4n) is 2.15. The predicted molar refractivity (Wildman–Crippen MR) is 109 cm³/mol. The third-order valence-electron chi connectivity index (χ3n) is 3.48. The van der Waals surface area contributed by atoms with E-state index in [0.717, 1.165) is 31.7 Å². The van der Waals surface area contributed by atoms with Gasteiger partial charge in [0.15, 0.2) is 5.96 Å². The van der Waals surface area contributed by atoms with E-state index in [1.165, 1.54) is 0 Å². The molecular weight excluding hydrogens is 352 g/mol. The van der Waals surface area contributed by atoms with Crippen LogP contribution in [0.15, 0.2) is 23.2 Å². The number of guanidine groups is 1.